The summed E-state index contributed by atoms with van der Waals surface area (Å²) in [7, 11) is 1.12. The second kappa shape index (κ2) is 40.2. The third-order valence-electron chi connectivity index (χ3n) is 11.2. The lowest BCUT2D eigenvalue weighted by atomic mass is 10.0. The number of epoxide rings is 1. The molecule has 1 aliphatic heterocycles. The van der Waals surface area contributed by atoms with Crippen molar-refractivity contribution in [3.63, 3.8) is 0 Å². The van der Waals surface area contributed by atoms with Gasteiger partial charge in [-0.25, -0.2) is 0 Å². The number of likely N-dealkylation sites (N-methyl/N-ethyl adjacent to an activating group) is 1. The summed E-state index contributed by atoms with van der Waals surface area (Å²) in [6, 6.07) is 0. The molecule has 0 radical (unpaired) electrons. The van der Waals surface area contributed by atoms with Crippen LogP contribution >= 0.6 is 7.82 Å². The second-order valence-corrected chi connectivity index (χ2v) is 20.0. The average Bonchev–Trinajstić information content (AvgIpc) is 4.00. The molecule has 1 rings (SSSR count). The van der Waals surface area contributed by atoms with Gasteiger partial charge in [0.1, 0.15) is 19.8 Å². The number of ether oxygens (including phenoxy) is 3. The van der Waals surface area contributed by atoms with Gasteiger partial charge in [0.15, 0.2) is 6.10 Å². The molecule has 1 heterocycles. The van der Waals surface area contributed by atoms with Gasteiger partial charge in [0, 0.05) is 12.8 Å². The average molecular weight is 908 g/mol. The Morgan fingerprint density at radius 3 is 1.60 bits per heavy atom. The van der Waals surface area contributed by atoms with Crippen LogP contribution in [0.2, 0.25) is 0 Å². The van der Waals surface area contributed by atoms with E-state index in [0.717, 1.165) is 44.9 Å². The third-order valence-corrected chi connectivity index (χ3v) is 12.2. The van der Waals surface area contributed by atoms with Crippen LogP contribution < -0.4 is 4.89 Å². The Hall–Kier alpha value is -2.07. The van der Waals surface area contributed by atoms with Crippen molar-refractivity contribution in [1.29, 1.82) is 0 Å². The number of hydrogen-bond donors (Lipinski definition) is 0. The number of unbranched alkanes of at least 4 members (excludes halogenated alkanes) is 21. The SMILES string of the molecule is CCCCC/C=C\C/C=C\CC1OC1C/C=C\CCCC(=O)O[C@H](COC(=O)CCCCCCCCCCCCC/C=C\CCCCCCCC)COP(=O)([O-])OCC[N+](C)(C)C. The van der Waals surface area contributed by atoms with E-state index in [0.29, 0.717) is 23.9 Å². The minimum Gasteiger partial charge on any atom is -0.756 e. The Labute approximate surface area is 386 Å². The molecule has 1 saturated heterocycles. The van der Waals surface area contributed by atoms with Crippen LogP contribution in [0.4, 0.5) is 0 Å². The van der Waals surface area contributed by atoms with Crippen LogP contribution in [0.3, 0.4) is 0 Å². The molecule has 0 saturated carbocycles. The molecule has 1 fully saturated rings. The lowest BCUT2D eigenvalue weighted by molar-refractivity contribution is -0.870. The van der Waals surface area contributed by atoms with E-state index in [2.05, 4.69) is 62.5 Å². The smallest absolute Gasteiger partial charge is 0.306 e. The first-order valence-electron chi connectivity index (χ1n) is 25.5. The van der Waals surface area contributed by atoms with Crippen molar-refractivity contribution < 1.29 is 46.8 Å². The van der Waals surface area contributed by atoms with Gasteiger partial charge in [-0.05, 0) is 77.0 Å². The summed E-state index contributed by atoms with van der Waals surface area (Å²) in [5, 5.41) is 0. The Kier molecular flexibility index (Phi) is 37.6. The quantitative estimate of drug-likeness (QED) is 0.0147. The number of phosphoric acid groups is 1. The van der Waals surface area contributed by atoms with E-state index >= 15 is 0 Å². The number of hydrogen-bond acceptors (Lipinski definition) is 9. The standard InChI is InChI=1S/C52H94NO9P/c1-6-8-10-12-14-16-17-18-19-20-21-22-23-24-25-26-27-29-31-33-38-42-51(54)58-46-48(47-60-63(56,57)59-45-44-53(3,4)5)61-52(55)43-39-35-34-37-41-50-49(62-50)40-36-32-30-28-15-13-11-9-7-2/h15,18-19,28,32,34,36-37,48-50H,6-14,16-17,20-27,29-31,33,35,38-47H2,1-5H3/b19-18-,28-15-,36-32-,37-34-/t48-,49?,50?/m1/s1. The number of esters is 2. The minimum absolute atomic E-state index is 0.0450. The van der Waals surface area contributed by atoms with E-state index in [9.17, 15) is 19.0 Å². The number of allylic oxidation sites excluding steroid dienone is 6. The van der Waals surface area contributed by atoms with Crippen molar-refractivity contribution in [1.82, 2.24) is 0 Å². The van der Waals surface area contributed by atoms with Crippen molar-refractivity contribution in [3.8, 4) is 0 Å². The van der Waals surface area contributed by atoms with E-state index < -0.39 is 32.5 Å². The summed E-state index contributed by atoms with van der Waals surface area (Å²) < 4.78 is 39.8. The monoisotopic (exact) mass is 908 g/mol. The lowest BCUT2D eigenvalue weighted by Gasteiger charge is -2.28. The van der Waals surface area contributed by atoms with Crippen LogP contribution in [0, 0.1) is 0 Å². The molecule has 0 aromatic rings. The van der Waals surface area contributed by atoms with Crippen molar-refractivity contribution in [3.05, 3.63) is 48.6 Å². The van der Waals surface area contributed by atoms with Gasteiger partial charge < -0.3 is 32.6 Å². The maximum Gasteiger partial charge on any atom is 0.306 e. The summed E-state index contributed by atoms with van der Waals surface area (Å²) in [4.78, 5) is 37.7. The number of rotatable bonds is 45. The van der Waals surface area contributed by atoms with Gasteiger partial charge in [-0.2, -0.15) is 0 Å². The number of carbonyl (C=O) groups is 2. The summed E-state index contributed by atoms with van der Waals surface area (Å²) in [5.74, 6) is -0.906. The molecule has 4 atom stereocenters. The fourth-order valence-electron chi connectivity index (χ4n) is 7.10. The molecule has 10 nitrogen and oxygen atoms in total. The molecule has 0 aromatic carbocycles. The molecule has 63 heavy (non-hydrogen) atoms. The molecular formula is C52H94NO9P. The molecule has 366 valence electrons. The highest BCUT2D eigenvalue weighted by molar-refractivity contribution is 7.45. The van der Waals surface area contributed by atoms with Crippen molar-refractivity contribution in [2.75, 3.05) is 47.5 Å². The number of quaternary nitrogens is 1. The van der Waals surface area contributed by atoms with Crippen molar-refractivity contribution >= 4 is 19.8 Å². The molecule has 0 aromatic heterocycles. The first-order chi connectivity index (χ1) is 30.5. The highest BCUT2D eigenvalue weighted by atomic mass is 31.2. The van der Waals surface area contributed by atoms with Gasteiger partial charge in [0.2, 0.25) is 0 Å². The minimum atomic E-state index is -4.65. The molecule has 0 bridgehead atoms. The largest absolute Gasteiger partial charge is 0.756 e. The molecule has 11 heteroatoms. The van der Waals surface area contributed by atoms with Crippen molar-refractivity contribution in [2.24, 2.45) is 0 Å². The van der Waals surface area contributed by atoms with E-state index in [1.807, 2.05) is 21.1 Å². The first-order valence-corrected chi connectivity index (χ1v) is 26.9. The predicted molar refractivity (Wildman–Crippen MR) is 258 cm³/mol. The Bertz CT molecular complexity index is 1280. The van der Waals surface area contributed by atoms with Crippen LogP contribution in [0.5, 0.6) is 0 Å². The highest BCUT2D eigenvalue weighted by Gasteiger charge is 2.36. The first kappa shape index (κ1) is 58.9. The molecule has 0 amide bonds. The van der Waals surface area contributed by atoms with Crippen LogP contribution in [0.15, 0.2) is 48.6 Å². The van der Waals surface area contributed by atoms with E-state index in [4.69, 9.17) is 23.3 Å². The van der Waals surface area contributed by atoms with Crippen LogP contribution in [0.1, 0.15) is 206 Å². The predicted octanol–water partition coefficient (Wildman–Crippen LogP) is 13.4. The fraction of sp³-hybridized carbons (Fsp3) is 0.808. The summed E-state index contributed by atoms with van der Waals surface area (Å²) in [6.07, 6.45) is 50.3. The molecule has 0 N–H and O–H groups in total. The third kappa shape index (κ3) is 41.1. The molecule has 3 unspecified atom stereocenters. The van der Waals surface area contributed by atoms with Gasteiger partial charge >= 0.3 is 11.9 Å². The Balaban J connectivity index is 2.25. The summed E-state index contributed by atoms with van der Waals surface area (Å²) >= 11 is 0. The molecular weight excluding hydrogens is 814 g/mol. The number of nitrogens with zero attached hydrogens (tertiary/aromatic N) is 1. The topological polar surface area (TPSA) is 124 Å². The Morgan fingerprint density at radius 1 is 0.571 bits per heavy atom. The zero-order valence-corrected chi connectivity index (χ0v) is 41.9. The summed E-state index contributed by atoms with van der Waals surface area (Å²) in [5.41, 5.74) is 0. The van der Waals surface area contributed by atoms with Crippen LogP contribution in [-0.2, 0) is 37.4 Å². The molecule has 0 aliphatic carbocycles. The normalized spacial score (nSPS) is 17.0. The van der Waals surface area contributed by atoms with E-state index in [1.54, 1.807) is 0 Å². The van der Waals surface area contributed by atoms with Gasteiger partial charge in [-0.1, -0.05) is 165 Å². The maximum absolute atomic E-state index is 12.7. The highest BCUT2D eigenvalue weighted by Crippen LogP contribution is 2.38. The maximum atomic E-state index is 12.7. The zero-order valence-electron chi connectivity index (χ0n) is 41.0. The van der Waals surface area contributed by atoms with Crippen LogP contribution in [-0.4, -0.2) is 82.2 Å². The zero-order chi connectivity index (χ0) is 46.1. The van der Waals surface area contributed by atoms with Crippen molar-refractivity contribution in [2.45, 2.75) is 225 Å². The van der Waals surface area contributed by atoms with E-state index in [-0.39, 0.29) is 38.3 Å². The van der Waals surface area contributed by atoms with Gasteiger partial charge in [-0.15, -0.1) is 0 Å². The molecule has 0 spiro atoms. The second-order valence-electron chi connectivity index (χ2n) is 18.6. The number of carbonyl (C=O) groups excluding carboxylic acids is 2. The molecule has 1 aliphatic rings. The van der Waals surface area contributed by atoms with Gasteiger partial charge in [-0.3, -0.25) is 14.2 Å². The van der Waals surface area contributed by atoms with Gasteiger partial charge in [0.05, 0.1) is 40.0 Å². The number of phosphoric ester groups is 1. The van der Waals surface area contributed by atoms with Gasteiger partial charge in [0.25, 0.3) is 7.82 Å². The van der Waals surface area contributed by atoms with E-state index in [1.165, 1.54) is 122 Å². The Morgan fingerprint density at radius 2 is 1.02 bits per heavy atom. The summed E-state index contributed by atoms with van der Waals surface area (Å²) in [6.45, 7) is 4.13. The van der Waals surface area contributed by atoms with Crippen LogP contribution in [0.25, 0.3) is 0 Å². The fourth-order valence-corrected chi connectivity index (χ4v) is 7.82. The lowest BCUT2D eigenvalue weighted by Crippen LogP contribution is -2.37.